The van der Waals surface area contributed by atoms with Gasteiger partial charge in [-0.3, -0.25) is 4.79 Å². The van der Waals surface area contributed by atoms with E-state index in [9.17, 15) is 13.2 Å². The summed E-state index contributed by atoms with van der Waals surface area (Å²) in [5.74, 6) is 0.107. The Kier molecular flexibility index (Phi) is 7.61. The van der Waals surface area contributed by atoms with Gasteiger partial charge in [0, 0.05) is 32.6 Å². The molecule has 0 aromatic heterocycles. The average molecular weight is 378 g/mol. The number of carbonyl (C=O) groups is 1. The second-order valence-corrected chi connectivity index (χ2v) is 8.46. The van der Waals surface area contributed by atoms with Gasteiger partial charge in [-0.05, 0) is 18.6 Å². The van der Waals surface area contributed by atoms with E-state index in [0.717, 1.165) is 19.3 Å². The van der Waals surface area contributed by atoms with Gasteiger partial charge in [0.1, 0.15) is 6.07 Å². The lowest BCUT2D eigenvalue weighted by molar-refractivity contribution is -0.132. The summed E-state index contributed by atoms with van der Waals surface area (Å²) in [5.41, 5.74) is 0.151. The number of nitriles is 1. The van der Waals surface area contributed by atoms with E-state index < -0.39 is 10.0 Å². The molecule has 1 amide bonds. The van der Waals surface area contributed by atoms with E-state index in [1.54, 1.807) is 17.0 Å². The van der Waals surface area contributed by atoms with Gasteiger partial charge < -0.3 is 4.90 Å². The number of nitrogens with zero attached hydrogens (tertiary/aromatic N) is 3. The fourth-order valence-electron chi connectivity index (χ4n) is 3.14. The van der Waals surface area contributed by atoms with Crippen molar-refractivity contribution in [2.45, 2.75) is 50.3 Å². The molecule has 0 radical (unpaired) electrons. The van der Waals surface area contributed by atoms with Crippen LogP contribution in [-0.4, -0.2) is 49.7 Å². The summed E-state index contributed by atoms with van der Waals surface area (Å²) in [4.78, 5) is 14.1. The quantitative estimate of drug-likeness (QED) is 0.652. The number of carbonyl (C=O) groups excluding carboxylic acids is 1. The van der Waals surface area contributed by atoms with Crippen molar-refractivity contribution >= 4 is 15.9 Å². The first-order valence-corrected chi connectivity index (χ1v) is 10.7. The lowest BCUT2D eigenvalue weighted by Gasteiger charge is -2.34. The van der Waals surface area contributed by atoms with E-state index in [0.29, 0.717) is 19.5 Å². The number of rotatable bonds is 8. The summed E-state index contributed by atoms with van der Waals surface area (Å²) in [5, 5.41) is 9.15. The Hall–Kier alpha value is -1.91. The van der Waals surface area contributed by atoms with Gasteiger partial charge in [-0.2, -0.15) is 9.57 Å². The number of piperazine rings is 1. The normalized spacial score (nSPS) is 15.6. The van der Waals surface area contributed by atoms with Crippen LogP contribution in [0.1, 0.15) is 51.0 Å². The van der Waals surface area contributed by atoms with Crippen LogP contribution in [0.5, 0.6) is 0 Å². The average Bonchev–Trinajstić information content (AvgIpc) is 2.67. The predicted molar refractivity (Wildman–Crippen MR) is 99.9 cm³/mol. The van der Waals surface area contributed by atoms with E-state index in [-0.39, 0.29) is 29.5 Å². The molecule has 0 atom stereocenters. The molecule has 6 nitrogen and oxygen atoms in total. The second-order valence-electron chi connectivity index (χ2n) is 6.56. The van der Waals surface area contributed by atoms with Crippen molar-refractivity contribution in [2.75, 3.05) is 26.2 Å². The number of amides is 1. The molecule has 7 heteroatoms. The van der Waals surface area contributed by atoms with E-state index in [2.05, 4.69) is 6.92 Å². The minimum absolute atomic E-state index is 0.0400. The third kappa shape index (κ3) is 5.05. The van der Waals surface area contributed by atoms with Crippen LogP contribution < -0.4 is 0 Å². The molecule has 0 spiro atoms. The van der Waals surface area contributed by atoms with Crippen LogP contribution in [-0.2, 0) is 14.8 Å². The third-order valence-corrected chi connectivity index (χ3v) is 6.67. The standard InChI is InChI=1S/C19H27N3O3S/c1-2-3-4-5-6-11-19(23)21-12-14-22(15-13-21)26(24,25)18-10-8-7-9-17(18)16-20/h7-10H,2-6,11-15H2,1H3. The molecule has 2 rings (SSSR count). The number of hydrogen-bond acceptors (Lipinski definition) is 4. The highest BCUT2D eigenvalue weighted by Gasteiger charge is 2.31. The zero-order valence-electron chi connectivity index (χ0n) is 15.4. The maximum Gasteiger partial charge on any atom is 0.244 e. The van der Waals surface area contributed by atoms with E-state index in [1.165, 1.54) is 29.3 Å². The summed E-state index contributed by atoms with van der Waals surface area (Å²) in [6.45, 7) is 3.50. The van der Waals surface area contributed by atoms with Crippen molar-refractivity contribution in [2.24, 2.45) is 0 Å². The summed E-state index contributed by atoms with van der Waals surface area (Å²) >= 11 is 0. The smallest absolute Gasteiger partial charge is 0.244 e. The monoisotopic (exact) mass is 377 g/mol. The Labute approximate surface area is 156 Å². The SMILES string of the molecule is CCCCCCCC(=O)N1CCN(S(=O)(=O)c2ccccc2C#N)CC1. The highest BCUT2D eigenvalue weighted by Crippen LogP contribution is 2.21. The molecule has 0 unspecified atom stereocenters. The molecule has 1 fully saturated rings. The molecule has 1 aromatic carbocycles. The van der Waals surface area contributed by atoms with Crippen LogP contribution >= 0.6 is 0 Å². The van der Waals surface area contributed by atoms with Gasteiger partial charge in [0.25, 0.3) is 0 Å². The minimum atomic E-state index is -3.71. The van der Waals surface area contributed by atoms with Crippen molar-refractivity contribution in [1.29, 1.82) is 5.26 Å². The molecule has 1 saturated heterocycles. The van der Waals surface area contributed by atoms with Gasteiger partial charge in [0.2, 0.25) is 15.9 Å². The first-order valence-electron chi connectivity index (χ1n) is 9.27. The third-order valence-electron chi connectivity index (χ3n) is 4.71. The zero-order chi connectivity index (χ0) is 19.0. The van der Waals surface area contributed by atoms with Crippen molar-refractivity contribution in [1.82, 2.24) is 9.21 Å². The number of hydrogen-bond donors (Lipinski definition) is 0. The van der Waals surface area contributed by atoms with Gasteiger partial charge in [-0.25, -0.2) is 8.42 Å². The summed E-state index contributed by atoms with van der Waals surface area (Å²) < 4.78 is 26.9. The molecular formula is C19H27N3O3S. The van der Waals surface area contributed by atoms with E-state index in [4.69, 9.17) is 5.26 Å². The Morgan fingerprint density at radius 1 is 1.08 bits per heavy atom. The van der Waals surface area contributed by atoms with Crippen molar-refractivity contribution in [3.8, 4) is 6.07 Å². The summed E-state index contributed by atoms with van der Waals surface area (Å²) in [6, 6.07) is 8.16. The zero-order valence-corrected chi connectivity index (χ0v) is 16.2. The fraction of sp³-hybridized carbons (Fsp3) is 0.579. The van der Waals surface area contributed by atoms with E-state index >= 15 is 0 Å². The molecule has 1 heterocycles. The Morgan fingerprint density at radius 3 is 2.38 bits per heavy atom. The summed E-state index contributed by atoms with van der Waals surface area (Å²) in [7, 11) is -3.71. The van der Waals surface area contributed by atoms with Gasteiger partial charge in [0.05, 0.1) is 10.5 Å². The van der Waals surface area contributed by atoms with Crippen molar-refractivity contribution in [3.63, 3.8) is 0 Å². The van der Waals surface area contributed by atoms with Gasteiger partial charge in [0.15, 0.2) is 0 Å². The predicted octanol–water partition coefficient (Wildman–Crippen LogP) is 2.75. The molecule has 142 valence electrons. The van der Waals surface area contributed by atoms with Crippen molar-refractivity contribution in [3.05, 3.63) is 29.8 Å². The molecule has 0 N–H and O–H groups in total. The van der Waals surface area contributed by atoms with Crippen LogP contribution in [0.15, 0.2) is 29.2 Å². The molecule has 0 aliphatic carbocycles. The maximum atomic E-state index is 12.8. The molecule has 1 aromatic rings. The lowest BCUT2D eigenvalue weighted by Crippen LogP contribution is -2.50. The Balaban J connectivity index is 1.89. The first kappa shape index (κ1) is 20.4. The van der Waals surface area contributed by atoms with Crippen LogP contribution in [0.2, 0.25) is 0 Å². The van der Waals surface area contributed by atoms with Crippen LogP contribution in [0, 0.1) is 11.3 Å². The molecule has 26 heavy (non-hydrogen) atoms. The first-order chi connectivity index (χ1) is 12.5. The number of unbranched alkanes of at least 4 members (excludes halogenated alkanes) is 4. The molecular weight excluding hydrogens is 350 g/mol. The largest absolute Gasteiger partial charge is 0.340 e. The molecule has 0 saturated carbocycles. The van der Waals surface area contributed by atoms with Gasteiger partial charge >= 0.3 is 0 Å². The van der Waals surface area contributed by atoms with Crippen LogP contribution in [0.4, 0.5) is 0 Å². The Bertz CT molecular complexity index is 748. The highest BCUT2D eigenvalue weighted by molar-refractivity contribution is 7.89. The lowest BCUT2D eigenvalue weighted by atomic mass is 10.1. The second kappa shape index (κ2) is 9.70. The van der Waals surface area contributed by atoms with Gasteiger partial charge in [-0.1, -0.05) is 44.7 Å². The molecule has 1 aliphatic rings. The number of benzene rings is 1. The van der Waals surface area contributed by atoms with Crippen LogP contribution in [0.25, 0.3) is 0 Å². The van der Waals surface area contributed by atoms with E-state index in [1.807, 2.05) is 6.07 Å². The summed E-state index contributed by atoms with van der Waals surface area (Å²) in [6.07, 6.45) is 6.04. The molecule has 1 aliphatic heterocycles. The maximum absolute atomic E-state index is 12.8. The molecule has 0 bridgehead atoms. The van der Waals surface area contributed by atoms with Crippen LogP contribution in [0.3, 0.4) is 0 Å². The fourth-order valence-corrected chi connectivity index (χ4v) is 4.70. The minimum Gasteiger partial charge on any atom is -0.340 e. The Morgan fingerprint density at radius 2 is 1.73 bits per heavy atom. The highest BCUT2D eigenvalue weighted by atomic mass is 32.2. The topological polar surface area (TPSA) is 81.5 Å². The number of sulfonamides is 1. The van der Waals surface area contributed by atoms with Gasteiger partial charge in [-0.15, -0.1) is 0 Å². The van der Waals surface area contributed by atoms with Crippen molar-refractivity contribution < 1.29 is 13.2 Å².